The van der Waals surface area contributed by atoms with Gasteiger partial charge >= 0.3 is 5.97 Å². The minimum atomic E-state index is -0.955. The molecule has 0 spiro atoms. The Kier molecular flexibility index (Phi) is 2.60. The first-order chi connectivity index (χ1) is 8.74. The fourth-order valence-corrected chi connectivity index (χ4v) is 1.84. The molecule has 92 valence electrons. The van der Waals surface area contributed by atoms with Gasteiger partial charge in [-0.15, -0.1) is 0 Å². The minimum Gasteiger partial charge on any atom is -0.478 e. The van der Waals surface area contributed by atoms with Crippen LogP contribution in [-0.2, 0) is 4.74 Å². The van der Waals surface area contributed by atoms with Crippen LogP contribution in [0.2, 0.25) is 0 Å². The van der Waals surface area contributed by atoms with Gasteiger partial charge in [0, 0.05) is 11.5 Å². The first kappa shape index (κ1) is 11.0. The summed E-state index contributed by atoms with van der Waals surface area (Å²) >= 11 is 0. The van der Waals surface area contributed by atoms with Crippen molar-refractivity contribution < 1.29 is 19.4 Å². The van der Waals surface area contributed by atoms with Crippen molar-refractivity contribution in [2.24, 2.45) is 0 Å². The number of carbonyl (C=O) groups is 1. The van der Waals surface area contributed by atoms with Gasteiger partial charge < -0.3 is 14.6 Å². The molecule has 18 heavy (non-hydrogen) atoms. The van der Waals surface area contributed by atoms with Crippen LogP contribution in [-0.4, -0.2) is 35.4 Å². The van der Waals surface area contributed by atoms with Crippen LogP contribution in [0.25, 0.3) is 10.9 Å². The monoisotopic (exact) mass is 245 g/mol. The normalized spacial score (nSPS) is 15.3. The summed E-state index contributed by atoms with van der Waals surface area (Å²) < 4.78 is 10.6. The zero-order valence-corrected chi connectivity index (χ0v) is 9.50. The van der Waals surface area contributed by atoms with E-state index in [1.165, 1.54) is 0 Å². The van der Waals surface area contributed by atoms with Gasteiger partial charge in [-0.25, -0.2) is 9.78 Å². The molecule has 2 heterocycles. The molecule has 0 atom stereocenters. The smallest absolute Gasteiger partial charge is 0.336 e. The number of fused-ring (bicyclic) bond motifs is 1. The third-order valence-electron chi connectivity index (χ3n) is 2.83. The molecule has 0 bridgehead atoms. The lowest BCUT2D eigenvalue weighted by Crippen LogP contribution is -2.38. The van der Waals surface area contributed by atoms with Gasteiger partial charge in [-0.3, -0.25) is 0 Å². The fraction of sp³-hybridized carbons (Fsp3) is 0.231. The molecular weight excluding hydrogens is 234 g/mol. The van der Waals surface area contributed by atoms with Crippen LogP contribution in [0.1, 0.15) is 10.4 Å². The molecule has 1 aromatic heterocycles. The van der Waals surface area contributed by atoms with Crippen LogP contribution in [0.5, 0.6) is 5.88 Å². The van der Waals surface area contributed by atoms with Crippen LogP contribution in [0.4, 0.5) is 0 Å². The van der Waals surface area contributed by atoms with Crippen molar-refractivity contribution in [3.05, 3.63) is 35.9 Å². The van der Waals surface area contributed by atoms with E-state index in [-0.39, 0.29) is 11.7 Å². The molecule has 1 saturated heterocycles. The number of hydrogen-bond donors (Lipinski definition) is 1. The molecule has 5 heteroatoms. The topological polar surface area (TPSA) is 68.7 Å². The second-order valence-corrected chi connectivity index (χ2v) is 4.10. The van der Waals surface area contributed by atoms with Crippen molar-refractivity contribution in [1.82, 2.24) is 4.98 Å². The van der Waals surface area contributed by atoms with Gasteiger partial charge in [0.25, 0.3) is 0 Å². The summed E-state index contributed by atoms with van der Waals surface area (Å²) in [4.78, 5) is 15.4. The van der Waals surface area contributed by atoms with E-state index >= 15 is 0 Å². The Morgan fingerprint density at radius 2 is 2.17 bits per heavy atom. The van der Waals surface area contributed by atoms with Gasteiger partial charge in [-0.1, -0.05) is 6.07 Å². The van der Waals surface area contributed by atoms with E-state index in [1.807, 2.05) is 0 Å². The van der Waals surface area contributed by atoms with Crippen LogP contribution < -0.4 is 4.74 Å². The van der Waals surface area contributed by atoms with Crippen molar-refractivity contribution in [2.75, 3.05) is 13.2 Å². The first-order valence-corrected chi connectivity index (χ1v) is 5.61. The maximum absolute atomic E-state index is 11.1. The zero-order valence-electron chi connectivity index (χ0n) is 9.50. The highest BCUT2D eigenvalue weighted by Crippen LogP contribution is 2.22. The maximum Gasteiger partial charge on any atom is 0.336 e. The highest BCUT2D eigenvalue weighted by Gasteiger charge is 2.20. The average molecular weight is 245 g/mol. The second kappa shape index (κ2) is 4.27. The largest absolute Gasteiger partial charge is 0.478 e. The molecule has 1 fully saturated rings. The Bertz CT molecular complexity index is 607. The molecule has 0 radical (unpaired) electrons. The standard InChI is InChI=1S/C13H11NO4/c15-13(16)10-2-1-3-11-9(10)4-5-12(14-11)18-8-6-17-7-8/h1-5,8H,6-7H2,(H,15,16). The minimum absolute atomic E-state index is 0.0533. The first-order valence-electron chi connectivity index (χ1n) is 5.61. The second-order valence-electron chi connectivity index (χ2n) is 4.10. The van der Waals surface area contributed by atoms with E-state index in [2.05, 4.69) is 4.98 Å². The lowest BCUT2D eigenvalue weighted by atomic mass is 10.1. The molecule has 0 unspecified atom stereocenters. The molecule has 0 saturated carbocycles. The van der Waals surface area contributed by atoms with E-state index in [0.717, 1.165) is 0 Å². The number of aromatic nitrogens is 1. The van der Waals surface area contributed by atoms with Crippen molar-refractivity contribution in [2.45, 2.75) is 6.10 Å². The summed E-state index contributed by atoms with van der Waals surface area (Å²) in [5.74, 6) is -0.457. The van der Waals surface area contributed by atoms with Crippen LogP contribution >= 0.6 is 0 Å². The number of ether oxygens (including phenoxy) is 2. The molecular formula is C13H11NO4. The predicted molar refractivity (Wildman–Crippen MR) is 63.9 cm³/mol. The third kappa shape index (κ3) is 1.89. The fourth-order valence-electron chi connectivity index (χ4n) is 1.84. The van der Waals surface area contributed by atoms with Crippen LogP contribution in [0.15, 0.2) is 30.3 Å². The number of aromatic carboxylic acids is 1. The van der Waals surface area contributed by atoms with Gasteiger partial charge in [0.2, 0.25) is 5.88 Å². The lowest BCUT2D eigenvalue weighted by molar-refractivity contribution is -0.0812. The third-order valence-corrected chi connectivity index (χ3v) is 2.83. The lowest BCUT2D eigenvalue weighted by Gasteiger charge is -2.26. The number of pyridine rings is 1. The summed E-state index contributed by atoms with van der Waals surface area (Å²) in [5.41, 5.74) is 0.867. The Labute approximate surface area is 103 Å². The molecule has 1 aliphatic rings. The number of nitrogens with zero attached hydrogens (tertiary/aromatic N) is 1. The Hall–Kier alpha value is -2.14. The van der Waals surface area contributed by atoms with E-state index < -0.39 is 5.97 Å². The molecule has 1 aliphatic heterocycles. The highest BCUT2D eigenvalue weighted by atomic mass is 16.6. The zero-order chi connectivity index (χ0) is 12.5. The van der Waals surface area contributed by atoms with Gasteiger partial charge in [0.1, 0.15) is 6.10 Å². The van der Waals surface area contributed by atoms with Crippen molar-refractivity contribution in [3.8, 4) is 5.88 Å². The summed E-state index contributed by atoms with van der Waals surface area (Å²) in [6.07, 6.45) is 0.0533. The van der Waals surface area contributed by atoms with E-state index in [9.17, 15) is 4.79 Å². The SMILES string of the molecule is O=C(O)c1cccc2nc(OC3COC3)ccc12. The molecule has 3 rings (SSSR count). The Balaban J connectivity index is 1.99. The number of carboxylic acid groups (broad SMARTS) is 1. The van der Waals surface area contributed by atoms with E-state index in [4.69, 9.17) is 14.6 Å². The van der Waals surface area contributed by atoms with E-state index in [0.29, 0.717) is 30.0 Å². The van der Waals surface area contributed by atoms with Crippen molar-refractivity contribution in [3.63, 3.8) is 0 Å². The molecule has 2 aromatic rings. The summed E-state index contributed by atoms with van der Waals surface area (Å²) in [5, 5.41) is 9.68. The maximum atomic E-state index is 11.1. The quantitative estimate of drug-likeness (QED) is 0.891. The Morgan fingerprint density at radius 3 is 2.83 bits per heavy atom. The number of rotatable bonds is 3. The van der Waals surface area contributed by atoms with Gasteiger partial charge in [0.15, 0.2) is 0 Å². The number of hydrogen-bond acceptors (Lipinski definition) is 4. The van der Waals surface area contributed by atoms with Gasteiger partial charge in [0.05, 0.1) is 24.3 Å². The summed E-state index contributed by atoms with van der Waals surface area (Å²) in [7, 11) is 0. The van der Waals surface area contributed by atoms with Crippen molar-refractivity contribution >= 4 is 16.9 Å². The van der Waals surface area contributed by atoms with Crippen LogP contribution in [0, 0.1) is 0 Å². The molecule has 5 nitrogen and oxygen atoms in total. The average Bonchev–Trinajstić information content (AvgIpc) is 2.32. The molecule has 1 N–H and O–H groups in total. The Morgan fingerprint density at radius 1 is 1.33 bits per heavy atom. The molecule has 0 aliphatic carbocycles. The van der Waals surface area contributed by atoms with Gasteiger partial charge in [-0.05, 0) is 18.2 Å². The predicted octanol–water partition coefficient (Wildman–Crippen LogP) is 1.71. The molecule has 0 amide bonds. The van der Waals surface area contributed by atoms with Crippen LogP contribution in [0.3, 0.4) is 0 Å². The van der Waals surface area contributed by atoms with Gasteiger partial charge in [-0.2, -0.15) is 0 Å². The molecule has 1 aromatic carbocycles. The van der Waals surface area contributed by atoms with Crippen molar-refractivity contribution in [1.29, 1.82) is 0 Å². The number of carboxylic acids is 1. The summed E-state index contributed by atoms with van der Waals surface area (Å²) in [6.45, 7) is 1.16. The highest BCUT2D eigenvalue weighted by molar-refractivity contribution is 6.02. The van der Waals surface area contributed by atoms with E-state index in [1.54, 1.807) is 30.3 Å². The summed E-state index contributed by atoms with van der Waals surface area (Å²) in [6, 6.07) is 8.42. The number of benzene rings is 1.